The van der Waals surface area contributed by atoms with Gasteiger partial charge in [0.05, 0.1) is 12.7 Å². The van der Waals surface area contributed by atoms with Crippen molar-refractivity contribution >= 4 is 5.91 Å². The summed E-state index contributed by atoms with van der Waals surface area (Å²) in [7, 11) is 2.16. The van der Waals surface area contributed by atoms with Crippen LogP contribution in [-0.4, -0.2) is 54.6 Å². The maximum absolute atomic E-state index is 12.0. The molecule has 1 saturated heterocycles. The second-order valence-electron chi connectivity index (χ2n) is 6.39. The van der Waals surface area contributed by atoms with E-state index in [-0.39, 0.29) is 0 Å². The molecule has 0 aromatic heterocycles. The van der Waals surface area contributed by atoms with Gasteiger partial charge in [-0.15, -0.1) is 0 Å². The summed E-state index contributed by atoms with van der Waals surface area (Å²) in [6, 6.07) is 0.582. The highest BCUT2D eigenvalue weighted by atomic mass is 16.2. The maximum Gasteiger partial charge on any atom is 0.237 e. The van der Waals surface area contributed by atoms with Gasteiger partial charge < -0.3 is 9.80 Å². The lowest BCUT2D eigenvalue weighted by molar-refractivity contribution is -0.128. The highest BCUT2D eigenvalue weighted by Gasteiger charge is 2.36. The fourth-order valence-corrected chi connectivity index (χ4v) is 3.27. The predicted molar refractivity (Wildman–Crippen MR) is 77.8 cm³/mol. The molecule has 1 heterocycles. The molecular weight excluding hydrogens is 238 g/mol. The van der Waals surface area contributed by atoms with Crippen molar-refractivity contribution in [2.45, 2.75) is 58.2 Å². The van der Waals surface area contributed by atoms with E-state index in [0.29, 0.717) is 30.6 Å². The summed E-state index contributed by atoms with van der Waals surface area (Å²) < 4.78 is 0. The predicted octanol–water partition coefficient (Wildman–Crippen LogP) is 1.66. The van der Waals surface area contributed by atoms with E-state index in [1.807, 2.05) is 0 Å². The van der Waals surface area contributed by atoms with E-state index in [1.54, 1.807) is 0 Å². The van der Waals surface area contributed by atoms with Crippen LogP contribution in [-0.2, 0) is 4.79 Å². The molecule has 0 aromatic rings. The van der Waals surface area contributed by atoms with Gasteiger partial charge in [-0.1, -0.05) is 12.8 Å². The fraction of sp³-hybridized carbons (Fsp3) is 0.933. The molecule has 0 spiro atoms. The molecule has 0 radical (unpaired) electrons. The third-order valence-corrected chi connectivity index (χ3v) is 4.76. The van der Waals surface area contributed by atoms with E-state index in [2.05, 4.69) is 36.0 Å². The SMILES string of the molecule is CC(C)N(C)CCCN1C(=O)CNC1C1CCCC1. The quantitative estimate of drug-likeness (QED) is 0.795. The highest BCUT2D eigenvalue weighted by Crippen LogP contribution is 2.30. The molecule has 1 N–H and O–H groups in total. The van der Waals surface area contributed by atoms with Crippen molar-refractivity contribution in [3.05, 3.63) is 0 Å². The summed E-state index contributed by atoms with van der Waals surface area (Å²) in [5.74, 6) is 0.985. The molecular formula is C15H29N3O. The first-order valence-electron chi connectivity index (χ1n) is 7.82. The van der Waals surface area contributed by atoms with Crippen molar-refractivity contribution in [2.75, 3.05) is 26.7 Å². The molecule has 1 aliphatic carbocycles. The molecule has 1 saturated carbocycles. The number of hydrogen-bond acceptors (Lipinski definition) is 3. The Bertz CT molecular complexity index is 300. The average Bonchev–Trinajstić information content (AvgIpc) is 2.99. The summed E-state index contributed by atoms with van der Waals surface area (Å²) in [5.41, 5.74) is 0. The average molecular weight is 267 g/mol. The van der Waals surface area contributed by atoms with Gasteiger partial charge in [0.1, 0.15) is 0 Å². The van der Waals surface area contributed by atoms with Crippen LogP contribution in [0.4, 0.5) is 0 Å². The van der Waals surface area contributed by atoms with Gasteiger partial charge in [0, 0.05) is 12.6 Å². The van der Waals surface area contributed by atoms with Gasteiger partial charge in [0.25, 0.3) is 0 Å². The molecule has 4 nitrogen and oxygen atoms in total. The Morgan fingerprint density at radius 1 is 1.37 bits per heavy atom. The monoisotopic (exact) mass is 267 g/mol. The maximum atomic E-state index is 12.0. The second kappa shape index (κ2) is 6.71. The van der Waals surface area contributed by atoms with E-state index in [9.17, 15) is 4.79 Å². The molecule has 2 rings (SSSR count). The minimum absolute atomic E-state index is 0.295. The minimum Gasteiger partial charge on any atom is -0.326 e. The van der Waals surface area contributed by atoms with Gasteiger partial charge in [-0.3, -0.25) is 10.1 Å². The third-order valence-electron chi connectivity index (χ3n) is 4.76. The molecule has 19 heavy (non-hydrogen) atoms. The van der Waals surface area contributed by atoms with Crippen LogP contribution in [0.2, 0.25) is 0 Å². The van der Waals surface area contributed by atoms with Crippen LogP contribution in [0.25, 0.3) is 0 Å². The van der Waals surface area contributed by atoms with Gasteiger partial charge in [-0.25, -0.2) is 0 Å². The van der Waals surface area contributed by atoms with Gasteiger partial charge in [0.15, 0.2) is 0 Å². The first kappa shape index (κ1) is 14.8. The number of nitrogens with one attached hydrogen (secondary N) is 1. The lowest BCUT2D eigenvalue weighted by Crippen LogP contribution is -2.43. The summed E-state index contributed by atoms with van der Waals surface area (Å²) in [6.07, 6.45) is 6.63. The lowest BCUT2D eigenvalue weighted by Gasteiger charge is -2.30. The molecule has 0 aromatic carbocycles. The Balaban J connectivity index is 1.80. The van der Waals surface area contributed by atoms with E-state index in [0.717, 1.165) is 19.5 Å². The van der Waals surface area contributed by atoms with E-state index >= 15 is 0 Å². The zero-order chi connectivity index (χ0) is 13.8. The second-order valence-corrected chi connectivity index (χ2v) is 6.39. The number of carbonyl (C=O) groups excluding carboxylic acids is 1. The summed E-state index contributed by atoms with van der Waals surface area (Å²) in [6.45, 7) is 6.94. The molecule has 0 bridgehead atoms. The molecule has 1 amide bonds. The Kier molecular flexibility index (Phi) is 5.22. The van der Waals surface area contributed by atoms with Gasteiger partial charge in [-0.05, 0) is 52.6 Å². The van der Waals surface area contributed by atoms with Crippen molar-refractivity contribution in [1.82, 2.24) is 15.1 Å². The third kappa shape index (κ3) is 3.69. The van der Waals surface area contributed by atoms with Crippen molar-refractivity contribution in [3.8, 4) is 0 Å². The molecule has 2 aliphatic rings. The van der Waals surface area contributed by atoms with Crippen LogP contribution < -0.4 is 5.32 Å². The topological polar surface area (TPSA) is 35.6 Å². The van der Waals surface area contributed by atoms with Crippen molar-refractivity contribution in [1.29, 1.82) is 0 Å². The smallest absolute Gasteiger partial charge is 0.237 e. The van der Waals surface area contributed by atoms with E-state index in [4.69, 9.17) is 0 Å². The highest BCUT2D eigenvalue weighted by molar-refractivity contribution is 5.80. The normalized spacial score (nSPS) is 25.2. The minimum atomic E-state index is 0.295. The van der Waals surface area contributed by atoms with Crippen molar-refractivity contribution < 1.29 is 4.79 Å². The number of carbonyl (C=O) groups is 1. The largest absolute Gasteiger partial charge is 0.326 e. The van der Waals surface area contributed by atoms with Crippen LogP contribution in [0.1, 0.15) is 46.0 Å². The van der Waals surface area contributed by atoms with Crippen molar-refractivity contribution in [2.24, 2.45) is 5.92 Å². The van der Waals surface area contributed by atoms with Crippen LogP contribution in [0.5, 0.6) is 0 Å². The fourth-order valence-electron chi connectivity index (χ4n) is 3.27. The number of hydrogen-bond donors (Lipinski definition) is 1. The van der Waals surface area contributed by atoms with Crippen LogP contribution in [0.3, 0.4) is 0 Å². The lowest BCUT2D eigenvalue weighted by atomic mass is 10.0. The molecule has 110 valence electrons. The van der Waals surface area contributed by atoms with E-state index < -0.39 is 0 Å². The standard InChI is InChI=1S/C15H29N3O/c1-12(2)17(3)9-6-10-18-14(19)11-16-15(18)13-7-4-5-8-13/h12-13,15-16H,4-11H2,1-3H3. The van der Waals surface area contributed by atoms with Crippen LogP contribution in [0.15, 0.2) is 0 Å². The number of nitrogens with zero attached hydrogens (tertiary/aromatic N) is 2. The Labute approximate surface area is 117 Å². The van der Waals surface area contributed by atoms with Gasteiger partial charge >= 0.3 is 0 Å². The van der Waals surface area contributed by atoms with Crippen molar-refractivity contribution in [3.63, 3.8) is 0 Å². The Hall–Kier alpha value is -0.610. The van der Waals surface area contributed by atoms with Gasteiger partial charge in [0.2, 0.25) is 5.91 Å². The summed E-state index contributed by atoms with van der Waals surface area (Å²) in [5, 5.41) is 3.42. The summed E-state index contributed by atoms with van der Waals surface area (Å²) >= 11 is 0. The Morgan fingerprint density at radius 3 is 2.68 bits per heavy atom. The molecule has 2 fully saturated rings. The van der Waals surface area contributed by atoms with Crippen LogP contribution >= 0.6 is 0 Å². The first-order chi connectivity index (χ1) is 9.09. The van der Waals surface area contributed by atoms with E-state index in [1.165, 1.54) is 25.7 Å². The number of rotatable bonds is 6. The number of amides is 1. The summed E-state index contributed by atoms with van der Waals surface area (Å²) in [4.78, 5) is 16.4. The molecule has 1 aliphatic heterocycles. The zero-order valence-electron chi connectivity index (χ0n) is 12.7. The molecule has 1 atom stereocenters. The van der Waals surface area contributed by atoms with Crippen LogP contribution in [0, 0.1) is 5.92 Å². The first-order valence-corrected chi connectivity index (χ1v) is 7.82. The zero-order valence-corrected chi connectivity index (χ0v) is 12.7. The molecule has 1 unspecified atom stereocenters. The van der Waals surface area contributed by atoms with Gasteiger partial charge in [-0.2, -0.15) is 0 Å². The Morgan fingerprint density at radius 2 is 2.05 bits per heavy atom. The molecule has 4 heteroatoms.